The number of nitrogens with one attached hydrogen (secondary N) is 2. The fraction of sp³-hybridized carbons (Fsp3) is 0.333. The monoisotopic (exact) mass is 154 g/mol. The lowest BCUT2D eigenvalue weighted by Crippen LogP contribution is -2.23. The first-order chi connectivity index (χ1) is 5.25. The number of aromatic amines is 1. The molecule has 0 aliphatic carbocycles. The predicted octanol–water partition coefficient (Wildman–Crippen LogP) is -0.258. The van der Waals surface area contributed by atoms with Gasteiger partial charge in [0, 0.05) is 6.54 Å². The first-order valence-electron chi connectivity index (χ1n) is 3.32. The van der Waals surface area contributed by atoms with Crippen molar-refractivity contribution in [3.05, 3.63) is 12.0 Å². The van der Waals surface area contributed by atoms with Gasteiger partial charge in [-0.15, -0.1) is 0 Å². The summed E-state index contributed by atoms with van der Waals surface area (Å²) < 4.78 is 0. The van der Waals surface area contributed by atoms with Crippen LogP contribution < -0.4 is 11.1 Å². The van der Waals surface area contributed by atoms with Crippen LogP contribution in [-0.4, -0.2) is 22.4 Å². The maximum atomic E-state index is 11.1. The van der Waals surface area contributed by atoms with Crippen molar-refractivity contribution in [3.63, 3.8) is 0 Å². The Hall–Kier alpha value is -1.52. The number of nitrogen functional groups attached to an aromatic ring is 1. The van der Waals surface area contributed by atoms with Crippen LogP contribution in [0.25, 0.3) is 0 Å². The van der Waals surface area contributed by atoms with Gasteiger partial charge in [0.05, 0.1) is 6.33 Å². The number of aromatic nitrogens is 2. The maximum absolute atomic E-state index is 11.1. The van der Waals surface area contributed by atoms with Crippen LogP contribution in [0.15, 0.2) is 6.33 Å². The van der Waals surface area contributed by atoms with E-state index in [4.69, 9.17) is 5.73 Å². The molecule has 0 bridgehead atoms. The van der Waals surface area contributed by atoms with Gasteiger partial charge in [0.1, 0.15) is 5.69 Å². The zero-order chi connectivity index (χ0) is 8.27. The van der Waals surface area contributed by atoms with Crippen LogP contribution in [0.1, 0.15) is 17.4 Å². The summed E-state index contributed by atoms with van der Waals surface area (Å²) in [6.07, 6.45) is 1.39. The van der Waals surface area contributed by atoms with Crippen molar-refractivity contribution in [2.75, 3.05) is 12.3 Å². The summed E-state index contributed by atoms with van der Waals surface area (Å²) in [5.74, 6) is 0.0125. The third-order valence-corrected chi connectivity index (χ3v) is 1.23. The highest BCUT2D eigenvalue weighted by Crippen LogP contribution is 2.02. The molecule has 0 aliphatic rings. The van der Waals surface area contributed by atoms with E-state index < -0.39 is 0 Å². The van der Waals surface area contributed by atoms with Gasteiger partial charge >= 0.3 is 0 Å². The first kappa shape index (κ1) is 7.59. The van der Waals surface area contributed by atoms with Gasteiger partial charge in [0.25, 0.3) is 5.91 Å². The fourth-order valence-corrected chi connectivity index (χ4v) is 0.736. The normalized spacial score (nSPS) is 9.55. The lowest BCUT2D eigenvalue weighted by atomic mass is 10.4. The topological polar surface area (TPSA) is 83.8 Å². The molecule has 60 valence electrons. The molecule has 1 aromatic rings. The summed E-state index contributed by atoms with van der Waals surface area (Å²) in [5, 5.41) is 2.60. The maximum Gasteiger partial charge on any atom is 0.271 e. The van der Waals surface area contributed by atoms with Gasteiger partial charge < -0.3 is 16.0 Å². The Morgan fingerprint density at radius 2 is 2.64 bits per heavy atom. The summed E-state index contributed by atoms with van der Waals surface area (Å²) >= 11 is 0. The molecule has 0 aromatic carbocycles. The van der Waals surface area contributed by atoms with Gasteiger partial charge in [-0.25, -0.2) is 4.98 Å². The van der Waals surface area contributed by atoms with E-state index in [-0.39, 0.29) is 11.7 Å². The highest BCUT2D eigenvalue weighted by molar-refractivity contribution is 5.96. The number of anilines is 1. The molecule has 5 heteroatoms. The highest BCUT2D eigenvalue weighted by Gasteiger charge is 2.09. The molecular weight excluding hydrogens is 144 g/mol. The zero-order valence-corrected chi connectivity index (χ0v) is 6.22. The molecule has 4 N–H and O–H groups in total. The van der Waals surface area contributed by atoms with Crippen molar-refractivity contribution in [1.82, 2.24) is 15.3 Å². The summed E-state index contributed by atoms with van der Waals surface area (Å²) in [5.41, 5.74) is 5.69. The summed E-state index contributed by atoms with van der Waals surface area (Å²) in [4.78, 5) is 17.4. The lowest BCUT2D eigenvalue weighted by molar-refractivity contribution is 0.0952. The Labute approximate surface area is 64.0 Å². The molecule has 0 radical (unpaired) electrons. The van der Waals surface area contributed by atoms with Gasteiger partial charge in [0.15, 0.2) is 5.82 Å². The van der Waals surface area contributed by atoms with Crippen LogP contribution in [0.2, 0.25) is 0 Å². The largest absolute Gasteiger partial charge is 0.382 e. The average molecular weight is 154 g/mol. The lowest BCUT2D eigenvalue weighted by Gasteiger charge is -1.98. The number of carbonyl (C=O) groups excluding carboxylic acids is 1. The zero-order valence-electron chi connectivity index (χ0n) is 6.22. The first-order valence-corrected chi connectivity index (χ1v) is 3.32. The summed E-state index contributed by atoms with van der Waals surface area (Å²) in [6.45, 7) is 2.42. The number of rotatable bonds is 2. The van der Waals surface area contributed by atoms with Crippen LogP contribution in [0.5, 0.6) is 0 Å². The van der Waals surface area contributed by atoms with Gasteiger partial charge in [-0.3, -0.25) is 4.79 Å². The van der Waals surface area contributed by atoms with Gasteiger partial charge in [-0.2, -0.15) is 0 Å². The second-order valence-electron chi connectivity index (χ2n) is 2.02. The second kappa shape index (κ2) is 3.05. The minimum atomic E-state index is -0.220. The van der Waals surface area contributed by atoms with Crippen LogP contribution in [0.4, 0.5) is 5.82 Å². The summed E-state index contributed by atoms with van der Waals surface area (Å²) in [6, 6.07) is 0. The number of nitrogens with two attached hydrogens (primary N) is 1. The van der Waals surface area contributed by atoms with E-state index in [0.717, 1.165) is 0 Å². The number of hydrogen-bond donors (Lipinski definition) is 3. The van der Waals surface area contributed by atoms with Crippen LogP contribution in [0.3, 0.4) is 0 Å². The Morgan fingerprint density at radius 3 is 3.09 bits per heavy atom. The smallest absolute Gasteiger partial charge is 0.271 e. The van der Waals surface area contributed by atoms with Gasteiger partial charge in [-0.1, -0.05) is 0 Å². The fourth-order valence-electron chi connectivity index (χ4n) is 0.736. The number of hydrogen-bond acceptors (Lipinski definition) is 3. The molecule has 1 aromatic heterocycles. The van der Waals surface area contributed by atoms with E-state index in [9.17, 15) is 4.79 Å². The molecule has 1 amide bonds. The van der Waals surface area contributed by atoms with Crippen molar-refractivity contribution < 1.29 is 4.79 Å². The minimum absolute atomic E-state index is 0.220. The molecule has 0 unspecified atom stereocenters. The number of H-pyrrole nitrogens is 1. The molecule has 0 saturated heterocycles. The van der Waals surface area contributed by atoms with Crippen molar-refractivity contribution in [2.24, 2.45) is 0 Å². The molecule has 1 heterocycles. The Morgan fingerprint density at radius 1 is 1.91 bits per heavy atom. The second-order valence-corrected chi connectivity index (χ2v) is 2.02. The Bertz CT molecular complexity index is 255. The molecule has 1 rings (SSSR count). The molecule has 11 heavy (non-hydrogen) atoms. The predicted molar refractivity (Wildman–Crippen MR) is 41.0 cm³/mol. The standard InChI is InChI=1S/C6H10N4O/c1-2-8-6(11)4-5(7)10-3-9-4/h3H,2,7H2,1H3,(H,8,11)(H,9,10). The molecule has 0 saturated carbocycles. The molecular formula is C6H10N4O. The number of nitrogens with zero attached hydrogens (tertiary/aromatic N) is 1. The van der Waals surface area contributed by atoms with E-state index in [1.807, 2.05) is 6.92 Å². The molecule has 5 nitrogen and oxygen atoms in total. The van der Waals surface area contributed by atoms with E-state index in [2.05, 4.69) is 15.3 Å². The van der Waals surface area contributed by atoms with Crippen LogP contribution in [0, 0.1) is 0 Å². The average Bonchev–Trinajstić information content (AvgIpc) is 2.36. The number of imidazole rings is 1. The van der Waals surface area contributed by atoms with E-state index in [1.165, 1.54) is 6.33 Å². The minimum Gasteiger partial charge on any atom is -0.382 e. The molecule has 0 fully saturated rings. The Balaban J connectivity index is 2.76. The Kier molecular flexibility index (Phi) is 2.10. The van der Waals surface area contributed by atoms with E-state index >= 15 is 0 Å². The quantitative estimate of drug-likeness (QED) is 0.548. The highest BCUT2D eigenvalue weighted by atomic mass is 16.1. The van der Waals surface area contributed by atoms with Crippen LogP contribution in [-0.2, 0) is 0 Å². The third-order valence-electron chi connectivity index (χ3n) is 1.23. The van der Waals surface area contributed by atoms with E-state index in [0.29, 0.717) is 12.2 Å². The van der Waals surface area contributed by atoms with Crippen LogP contribution >= 0.6 is 0 Å². The van der Waals surface area contributed by atoms with Crippen molar-refractivity contribution in [1.29, 1.82) is 0 Å². The van der Waals surface area contributed by atoms with Crippen molar-refractivity contribution in [3.8, 4) is 0 Å². The van der Waals surface area contributed by atoms with E-state index in [1.54, 1.807) is 0 Å². The molecule has 0 atom stereocenters. The third kappa shape index (κ3) is 1.49. The molecule has 0 spiro atoms. The van der Waals surface area contributed by atoms with Gasteiger partial charge in [-0.05, 0) is 6.92 Å². The molecule has 0 aliphatic heterocycles. The van der Waals surface area contributed by atoms with Crippen molar-refractivity contribution in [2.45, 2.75) is 6.92 Å². The van der Waals surface area contributed by atoms with Gasteiger partial charge in [0.2, 0.25) is 0 Å². The number of carbonyl (C=O) groups is 1. The number of amides is 1. The SMILES string of the molecule is CCNC(=O)c1[nH]cnc1N. The summed E-state index contributed by atoms with van der Waals surface area (Å²) in [7, 11) is 0. The van der Waals surface area contributed by atoms with Crippen molar-refractivity contribution >= 4 is 11.7 Å².